The number of hydrogen-bond acceptors (Lipinski definition) is 4. The Morgan fingerprint density at radius 1 is 1.06 bits per heavy atom. The van der Waals surface area contributed by atoms with Crippen LogP contribution in [0.5, 0.6) is 5.75 Å². The molecule has 32 heavy (non-hydrogen) atoms. The Balaban J connectivity index is 1.77. The number of carbonyl (C=O) groups is 1. The number of benzene rings is 3. The zero-order valence-electron chi connectivity index (χ0n) is 17.5. The molecule has 0 fully saturated rings. The Bertz CT molecular complexity index is 1220. The van der Waals surface area contributed by atoms with Gasteiger partial charge < -0.3 is 9.64 Å². The van der Waals surface area contributed by atoms with Crippen molar-refractivity contribution in [2.24, 2.45) is 0 Å². The lowest BCUT2D eigenvalue weighted by Crippen LogP contribution is -2.27. The largest absolute Gasteiger partial charge is 0.494 e. The van der Waals surface area contributed by atoms with E-state index in [1.165, 1.54) is 42.3 Å². The van der Waals surface area contributed by atoms with Gasteiger partial charge in [0, 0.05) is 25.7 Å². The van der Waals surface area contributed by atoms with Crippen LogP contribution in [-0.4, -0.2) is 33.4 Å². The molecule has 1 N–H and O–H groups in total. The van der Waals surface area contributed by atoms with Gasteiger partial charge in [-0.05, 0) is 41.5 Å². The number of halogens is 2. The summed E-state index contributed by atoms with van der Waals surface area (Å²) in [6.45, 7) is 0.206. The van der Waals surface area contributed by atoms with Crippen LogP contribution in [0.2, 0.25) is 5.02 Å². The highest BCUT2D eigenvalue weighted by Gasteiger charge is 2.21. The molecule has 0 heterocycles. The molecule has 3 aromatic rings. The maximum absolute atomic E-state index is 13.9. The average molecular weight is 477 g/mol. The fraction of sp³-hybridized carbons (Fsp3) is 0.174. The second-order valence-corrected chi connectivity index (χ2v) is 9.23. The average Bonchev–Trinajstić information content (AvgIpc) is 2.78. The monoisotopic (exact) mass is 476 g/mol. The maximum atomic E-state index is 13.9. The van der Waals surface area contributed by atoms with Gasteiger partial charge in [-0.15, -0.1) is 0 Å². The van der Waals surface area contributed by atoms with E-state index in [4.69, 9.17) is 16.3 Å². The van der Waals surface area contributed by atoms with Gasteiger partial charge in [-0.3, -0.25) is 4.79 Å². The predicted molar refractivity (Wildman–Crippen MR) is 121 cm³/mol. The number of nitrogens with zero attached hydrogens (tertiary/aromatic N) is 1. The number of amides is 1. The highest BCUT2D eigenvalue weighted by molar-refractivity contribution is 7.89. The summed E-state index contributed by atoms with van der Waals surface area (Å²) in [5, 5.41) is 0.00184. The molecule has 0 spiro atoms. The highest BCUT2D eigenvalue weighted by Crippen LogP contribution is 2.24. The summed E-state index contributed by atoms with van der Waals surface area (Å²) in [7, 11) is -1.05. The van der Waals surface area contributed by atoms with E-state index in [1.54, 1.807) is 37.4 Å². The van der Waals surface area contributed by atoms with Crippen molar-refractivity contribution in [3.05, 3.63) is 94.3 Å². The molecule has 0 bridgehead atoms. The summed E-state index contributed by atoms with van der Waals surface area (Å²) >= 11 is 6.12. The molecule has 9 heteroatoms. The molecule has 6 nitrogen and oxygen atoms in total. The topological polar surface area (TPSA) is 75.7 Å². The number of nitrogens with one attached hydrogen (secondary N) is 1. The molecular weight excluding hydrogens is 455 g/mol. The second kappa shape index (κ2) is 10.1. The minimum absolute atomic E-state index is 0.00184. The van der Waals surface area contributed by atoms with Gasteiger partial charge in [-0.25, -0.2) is 17.5 Å². The van der Waals surface area contributed by atoms with E-state index in [-0.39, 0.29) is 34.3 Å². The first kappa shape index (κ1) is 23.7. The fourth-order valence-corrected chi connectivity index (χ4v) is 4.61. The van der Waals surface area contributed by atoms with Crippen LogP contribution in [0.25, 0.3) is 0 Å². The Morgan fingerprint density at radius 3 is 2.44 bits per heavy atom. The summed E-state index contributed by atoms with van der Waals surface area (Å²) in [5.41, 5.74) is 1.49. The number of hydrogen-bond donors (Lipinski definition) is 1. The van der Waals surface area contributed by atoms with E-state index in [2.05, 4.69) is 4.72 Å². The summed E-state index contributed by atoms with van der Waals surface area (Å²) in [4.78, 5) is 14.0. The molecule has 0 atom stereocenters. The highest BCUT2D eigenvalue weighted by atomic mass is 35.5. The Morgan fingerprint density at radius 2 is 1.78 bits per heavy atom. The lowest BCUT2D eigenvalue weighted by molar-refractivity contribution is 0.0784. The number of methoxy groups -OCH3 is 1. The molecule has 0 aliphatic heterocycles. The third kappa shape index (κ3) is 5.64. The number of ether oxygens (including phenoxy) is 1. The van der Waals surface area contributed by atoms with Gasteiger partial charge in [0.25, 0.3) is 5.91 Å². The molecule has 0 aliphatic carbocycles. The minimum Gasteiger partial charge on any atom is -0.494 e. The van der Waals surface area contributed by atoms with Gasteiger partial charge >= 0.3 is 0 Å². The van der Waals surface area contributed by atoms with Crippen LogP contribution >= 0.6 is 11.6 Å². The van der Waals surface area contributed by atoms with Crippen molar-refractivity contribution in [1.82, 2.24) is 9.62 Å². The molecule has 0 saturated heterocycles. The van der Waals surface area contributed by atoms with E-state index in [0.717, 1.165) is 5.56 Å². The van der Waals surface area contributed by atoms with Crippen LogP contribution < -0.4 is 9.46 Å². The van der Waals surface area contributed by atoms with E-state index in [1.807, 2.05) is 6.07 Å². The smallest absolute Gasteiger partial charge is 0.253 e. The lowest BCUT2D eigenvalue weighted by Gasteiger charge is -2.18. The number of sulfonamides is 1. The van der Waals surface area contributed by atoms with Crippen LogP contribution in [0.15, 0.2) is 71.6 Å². The van der Waals surface area contributed by atoms with Gasteiger partial charge in [-0.2, -0.15) is 0 Å². The van der Waals surface area contributed by atoms with Gasteiger partial charge in [0.1, 0.15) is 4.90 Å². The third-order valence-corrected chi connectivity index (χ3v) is 6.64. The molecule has 168 valence electrons. The minimum atomic E-state index is -3.96. The molecule has 3 aromatic carbocycles. The third-order valence-electron chi connectivity index (χ3n) is 4.76. The van der Waals surface area contributed by atoms with Crippen molar-refractivity contribution in [2.75, 3.05) is 14.2 Å². The van der Waals surface area contributed by atoms with E-state index in [0.29, 0.717) is 5.56 Å². The standard InChI is InChI=1S/C23H22ClFN2O4S/c1-27(15-17-8-11-21(31-2)20(25)12-17)23(28)18-9-10-19(24)22(13-18)32(29,30)26-14-16-6-4-3-5-7-16/h3-13,26H,14-15H2,1-2H3. The van der Waals surface area contributed by atoms with Crippen LogP contribution in [0.4, 0.5) is 4.39 Å². The van der Waals surface area contributed by atoms with Crippen LogP contribution in [-0.2, 0) is 23.1 Å². The summed E-state index contributed by atoms with van der Waals surface area (Å²) in [6.07, 6.45) is 0. The zero-order valence-corrected chi connectivity index (χ0v) is 19.1. The maximum Gasteiger partial charge on any atom is 0.253 e. The zero-order chi connectivity index (χ0) is 23.3. The van der Waals surface area contributed by atoms with E-state index < -0.39 is 21.7 Å². The normalized spacial score (nSPS) is 11.2. The SMILES string of the molecule is COc1ccc(CN(C)C(=O)c2ccc(Cl)c(S(=O)(=O)NCc3ccccc3)c2)cc1F. The summed E-state index contributed by atoms with van der Waals surface area (Å²) < 4.78 is 46.9. The first-order chi connectivity index (χ1) is 15.2. The quantitative estimate of drug-likeness (QED) is 0.527. The van der Waals surface area contributed by atoms with Gasteiger partial charge in [0.05, 0.1) is 12.1 Å². The van der Waals surface area contributed by atoms with Crippen molar-refractivity contribution in [3.8, 4) is 5.75 Å². The molecular formula is C23H22ClFN2O4S. The molecule has 0 aliphatic rings. The van der Waals surface area contributed by atoms with Gasteiger partial charge in [0.2, 0.25) is 10.0 Å². The van der Waals surface area contributed by atoms with E-state index in [9.17, 15) is 17.6 Å². The van der Waals surface area contributed by atoms with Crippen molar-refractivity contribution >= 4 is 27.5 Å². The summed E-state index contributed by atoms with van der Waals surface area (Å²) in [5.74, 6) is -0.856. The predicted octanol–water partition coefficient (Wildman–Crippen LogP) is 4.24. The number of rotatable bonds is 8. The molecule has 3 rings (SSSR count). The lowest BCUT2D eigenvalue weighted by atomic mass is 10.1. The fourth-order valence-electron chi connectivity index (χ4n) is 3.07. The van der Waals surface area contributed by atoms with Crippen molar-refractivity contribution in [1.29, 1.82) is 0 Å². The Labute approximate surface area is 191 Å². The molecule has 0 saturated carbocycles. The van der Waals surface area contributed by atoms with Crippen LogP contribution in [0.3, 0.4) is 0 Å². The molecule has 0 unspecified atom stereocenters. The van der Waals surface area contributed by atoms with Gasteiger partial charge in [0.15, 0.2) is 11.6 Å². The number of carbonyl (C=O) groups excluding carboxylic acids is 1. The van der Waals surface area contributed by atoms with Crippen molar-refractivity contribution < 1.29 is 22.3 Å². The Kier molecular flexibility index (Phi) is 7.50. The van der Waals surface area contributed by atoms with Crippen molar-refractivity contribution in [3.63, 3.8) is 0 Å². The van der Waals surface area contributed by atoms with Crippen molar-refractivity contribution in [2.45, 2.75) is 18.0 Å². The molecule has 0 radical (unpaired) electrons. The molecule has 0 aromatic heterocycles. The first-order valence-electron chi connectivity index (χ1n) is 9.62. The first-order valence-corrected chi connectivity index (χ1v) is 11.5. The van der Waals surface area contributed by atoms with Crippen LogP contribution in [0, 0.1) is 5.82 Å². The van der Waals surface area contributed by atoms with Crippen LogP contribution in [0.1, 0.15) is 21.5 Å². The summed E-state index contributed by atoms with van der Waals surface area (Å²) in [6, 6.07) is 17.5. The van der Waals surface area contributed by atoms with Gasteiger partial charge in [-0.1, -0.05) is 48.0 Å². The Hall–Kier alpha value is -2.94. The second-order valence-electron chi connectivity index (χ2n) is 7.09. The molecule has 1 amide bonds. The van der Waals surface area contributed by atoms with E-state index >= 15 is 0 Å².